The molecule has 2 atom stereocenters. The number of ether oxygens (including phenoxy) is 2. The van der Waals surface area contributed by atoms with E-state index in [9.17, 15) is 19.0 Å². The molecule has 606 valence electrons. The zero-order valence-corrected chi connectivity index (χ0v) is 70.4. The fourth-order valence-electron chi connectivity index (χ4n) is 13.3. The molecule has 0 spiro atoms. The van der Waals surface area contributed by atoms with E-state index in [1.54, 1.807) is 0 Å². The van der Waals surface area contributed by atoms with Crippen LogP contribution in [0.2, 0.25) is 0 Å². The molecule has 0 fully saturated rings. The zero-order valence-electron chi connectivity index (χ0n) is 69.5. The molecule has 0 bridgehead atoms. The van der Waals surface area contributed by atoms with Crippen molar-refractivity contribution >= 4 is 19.8 Å². The number of quaternary nitrogens is 1. The third-order valence-corrected chi connectivity index (χ3v) is 21.1. The first-order valence-electron chi connectivity index (χ1n) is 44.9. The van der Waals surface area contributed by atoms with Gasteiger partial charge >= 0.3 is 11.9 Å². The number of carbonyl (C=O) groups excluding carboxylic acids is 2. The highest BCUT2D eigenvalue weighted by atomic mass is 31.2. The van der Waals surface area contributed by atoms with Gasteiger partial charge in [0.05, 0.1) is 27.7 Å². The first-order valence-corrected chi connectivity index (χ1v) is 46.4. The number of hydrogen-bond acceptors (Lipinski definition) is 8. The summed E-state index contributed by atoms with van der Waals surface area (Å²) in [7, 11) is 1.19. The number of unbranched alkanes of at least 4 members (excludes halogenated alkanes) is 54. The molecule has 0 saturated carbocycles. The molecule has 0 radical (unpaired) electrons. The summed E-state index contributed by atoms with van der Waals surface area (Å²) in [5, 5.41) is 0. The molecule has 0 aromatic heterocycles. The van der Waals surface area contributed by atoms with Gasteiger partial charge in [0.15, 0.2) is 6.10 Å². The molecule has 0 aromatic rings. The average molecular weight is 1480 g/mol. The molecule has 0 rings (SSSR count). The Morgan fingerprint density at radius 1 is 0.308 bits per heavy atom. The van der Waals surface area contributed by atoms with Gasteiger partial charge in [0.2, 0.25) is 0 Å². The van der Waals surface area contributed by atoms with Gasteiger partial charge in [0, 0.05) is 12.8 Å². The Balaban J connectivity index is 3.86. The Labute approximate surface area is 646 Å². The third kappa shape index (κ3) is 87.8. The van der Waals surface area contributed by atoms with Crippen molar-refractivity contribution in [1.29, 1.82) is 0 Å². The van der Waals surface area contributed by atoms with E-state index in [1.807, 2.05) is 21.1 Å². The highest BCUT2D eigenvalue weighted by Crippen LogP contribution is 2.38. The molecular formula is C94H172NO8P. The molecule has 0 aliphatic rings. The van der Waals surface area contributed by atoms with Gasteiger partial charge in [-0.15, -0.1) is 0 Å². The van der Waals surface area contributed by atoms with E-state index >= 15 is 0 Å². The minimum Gasteiger partial charge on any atom is -0.756 e. The number of carbonyl (C=O) groups is 2. The monoisotopic (exact) mass is 1470 g/mol. The topological polar surface area (TPSA) is 111 Å². The van der Waals surface area contributed by atoms with Crippen molar-refractivity contribution in [3.05, 3.63) is 97.2 Å². The Kier molecular flexibility index (Phi) is 81.5. The summed E-state index contributed by atoms with van der Waals surface area (Å²) < 4.78 is 34.5. The molecule has 0 aliphatic carbocycles. The van der Waals surface area contributed by atoms with Crippen LogP contribution in [0.1, 0.15) is 438 Å². The number of phosphoric ester groups is 1. The molecule has 0 aliphatic heterocycles. The van der Waals surface area contributed by atoms with Crippen molar-refractivity contribution in [1.82, 2.24) is 0 Å². The van der Waals surface area contributed by atoms with E-state index in [1.165, 1.54) is 327 Å². The van der Waals surface area contributed by atoms with Gasteiger partial charge in [-0.25, -0.2) is 0 Å². The Hall–Kier alpha value is -3.07. The van der Waals surface area contributed by atoms with Crippen molar-refractivity contribution in [2.24, 2.45) is 0 Å². The number of likely N-dealkylation sites (N-methyl/N-ethyl adjacent to an activating group) is 1. The van der Waals surface area contributed by atoms with E-state index in [2.05, 4.69) is 111 Å². The van der Waals surface area contributed by atoms with Crippen LogP contribution in [0.5, 0.6) is 0 Å². The molecule has 0 saturated heterocycles. The molecule has 2 unspecified atom stereocenters. The summed E-state index contributed by atoms with van der Waals surface area (Å²) in [6.45, 7) is 4.18. The minimum absolute atomic E-state index is 0.0293. The second-order valence-electron chi connectivity index (χ2n) is 31.6. The maximum atomic E-state index is 12.9. The smallest absolute Gasteiger partial charge is 0.306 e. The molecule has 0 amide bonds. The fourth-order valence-corrected chi connectivity index (χ4v) is 14.0. The van der Waals surface area contributed by atoms with Gasteiger partial charge in [0.25, 0.3) is 7.82 Å². The second kappa shape index (κ2) is 84.0. The van der Waals surface area contributed by atoms with Crippen LogP contribution in [0.4, 0.5) is 0 Å². The van der Waals surface area contributed by atoms with Gasteiger partial charge in [-0.3, -0.25) is 14.2 Å². The number of phosphoric acid groups is 1. The standard InChI is InChI=1S/C94H172NO8P/c1-6-8-10-12-14-16-18-20-22-24-26-28-30-32-34-36-38-40-42-44-46-47-49-51-53-55-57-59-61-63-65-67-69-71-73-75-77-79-81-83-85-87-94(97)103-92(91-102-104(98,99)101-89-88-95(3,4)5)90-100-93(96)86-84-82-80-78-76-74-72-70-68-66-64-62-60-58-56-54-52-50-48-45-43-41-39-37-35-33-31-29-27-25-23-21-19-17-15-13-11-9-7-2/h8,10,14,16,19-22,25-28,31-34,92H,6-7,9,11-13,15,17-18,23-24,29-30,35-91H2,1-5H3/b10-8-,16-14-,21-19-,22-20-,27-25-,28-26-,33-31-,34-32-. The fraction of sp³-hybridized carbons (Fsp3) is 0.809. The molecular weight excluding hydrogens is 1300 g/mol. The van der Waals surface area contributed by atoms with Crippen molar-refractivity contribution < 1.29 is 42.1 Å². The van der Waals surface area contributed by atoms with E-state index < -0.39 is 26.5 Å². The SMILES string of the molecule is CC/C=C\C/C=C\C/C=C\C/C=C\C/C=C\CCCCCCCCCCCCCCCCCCCCCCCCCCCC(=O)OC(COC(=O)CCCCCCCCCCCCCCCCCCCCCCCCCC/C=C\C/C=C\C/C=C\CCCCCCC)COP(=O)([O-])OCC[N+](C)(C)C. The molecule has 0 aromatic carbocycles. The van der Waals surface area contributed by atoms with Crippen molar-refractivity contribution in [3.63, 3.8) is 0 Å². The molecule has 0 heterocycles. The number of nitrogens with zero attached hydrogens (tertiary/aromatic N) is 1. The average Bonchev–Trinajstić information content (AvgIpc) is 0.920. The Morgan fingerprint density at radius 2 is 0.548 bits per heavy atom. The number of allylic oxidation sites excluding steroid dienone is 16. The second-order valence-corrected chi connectivity index (χ2v) is 33.0. The predicted molar refractivity (Wildman–Crippen MR) is 452 cm³/mol. The summed E-state index contributed by atoms with van der Waals surface area (Å²) in [6.07, 6.45) is 119. The zero-order chi connectivity index (χ0) is 75.4. The summed E-state index contributed by atoms with van der Waals surface area (Å²) in [5.74, 6) is -0.809. The maximum absolute atomic E-state index is 12.9. The first-order chi connectivity index (χ1) is 51.0. The van der Waals surface area contributed by atoms with Gasteiger partial charge in [-0.1, -0.05) is 426 Å². The molecule has 9 nitrogen and oxygen atoms in total. The van der Waals surface area contributed by atoms with Crippen LogP contribution in [0, 0.1) is 0 Å². The van der Waals surface area contributed by atoms with Crippen LogP contribution >= 0.6 is 7.82 Å². The van der Waals surface area contributed by atoms with Crippen LogP contribution in [0.3, 0.4) is 0 Å². The lowest BCUT2D eigenvalue weighted by atomic mass is 10.0. The molecule has 0 N–H and O–H groups in total. The summed E-state index contributed by atoms with van der Waals surface area (Å²) in [6, 6.07) is 0. The van der Waals surface area contributed by atoms with E-state index in [0.29, 0.717) is 17.4 Å². The highest BCUT2D eigenvalue weighted by molar-refractivity contribution is 7.45. The number of hydrogen-bond donors (Lipinski definition) is 0. The van der Waals surface area contributed by atoms with E-state index in [4.69, 9.17) is 18.5 Å². The lowest BCUT2D eigenvalue weighted by Crippen LogP contribution is -2.37. The highest BCUT2D eigenvalue weighted by Gasteiger charge is 2.22. The lowest BCUT2D eigenvalue weighted by Gasteiger charge is -2.28. The molecule has 10 heteroatoms. The van der Waals surface area contributed by atoms with Crippen LogP contribution in [0.25, 0.3) is 0 Å². The normalized spacial score (nSPS) is 13.4. The summed E-state index contributed by atoms with van der Waals surface area (Å²) >= 11 is 0. The van der Waals surface area contributed by atoms with Crippen LogP contribution < -0.4 is 4.89 Å². The first kappa shape index (κ1) is 101. The maximum Gasteiger partial charge on any atom is 0.306 e. The molecule has 104 heavy (non-hydrogen) atoms. The lowest BCUT2D eigenvalue weighted by molar-refractivity contribution is -0.870. The largest absolute Gasteiger partial charge is 0.756 e. The summed E-state index contributed by atoms with van der Waals surface area (Å²) in [4.78, 5) is 38.3. The minimum atomic E-state index is -4.65. The Bertz CT molecular complexity index is 2080. The van der Waals surface area contributed by atoms with E-state index in [-0.39, 0.29) is 32.0 Å². The predicted octanol–water partition coefficient (Wildman–Crippen LogP) is 29.9. The van der Waals surface area contributed by atoms with E-state index in [0.717, 1.165) is 77.0 Å². The van der Waals surface area contributed by atoms with Crippen molar-refractivity contribution in [3.8, 4) is 0 Å². The van der Waals surface area contributed by atoms with Gasteiger partial charge in [0.1, 0.15) is 19.8 Å². The van der Waals surface area contributed by atoms with Gasteiger partial charge < -0.3 is 27.9 Å². The van der Waals surface area contributed by atoms with Crippen LogP contribution in [0.15, 0.2) is 97.2 Å². The Morgan fingerprint density at radius 3 is 0.817 bits per heavy atom. The van der Waals surface area contributed by atoms with Crippen LogP contribution in [-0.2, 0) is 32.7 Å². The summed E-state index contributed by atoms with van der Waals surface area (Å²) in [5.41, 5.74) is 0. The van der Waals surface area contributed by atoms with Crippen molar-refractivity contribution in [2.75, 3.05) is 47.5 Å². The van der Waals surface area contributed by atoms with Gasteiger partial charge in [-0.05, 0) is 96.3 Å². The van der Waals surface area contributed by atoms with Crippen LogP contribution in [-0.4, -0.2) is 70.0 Å². The number of rotatable bonds is 84. The quantitative estimate of drug-likeness (QED) is 0.0195. The number of esters is 2. The van der Waals surface area contributed by atoms with Crippen molar-refractivity contribution in [2.45, 2.75) is 444 Å². The van der Waals surface area contributed by atoms with Gasteiger partial charge in [-0.2, -0.15) is 0 Å². The third-order valence-electron chi connectivity index (χ3n) is 20.1.